The lowest BCUT2D eigenvalue weighted by Crippen LogP contribution is -2.33. The highest BCUT2D eigenvalue weighted by molar-refractivity contribution is 5.88. The molecule has 0 aliphatic carbocycles. The highest BCUT2D eigenvalue weighted by Gasteiger charge is 2.37. The van der Waals surface area contributed by atoms with Crippen molar-refractivity contribution in [1.29, 1.82) is 0 Å². The first-order valence-electron chi connectivity index (χ1n) is 12.6. The monoisotopic (exact) mass is 530 g/mol. The molecule has 38 heavy (non-hydrogen) atoms. The van der Waals surface area contributed by atoms with E-state index in [-0.39, 0.29) is 35.8 Å². The molecule has 5 rings (SSSR count). The SMILES string of the molecule is C[C@@H](NC[C@H]1CN(C(=O)Oc2ccc(C(=O)O)cc2)C[C@@H]1c1ccccc1)c1cccc2ccccc12.Cl. The molecule has 4 aromatic rings. The summed E-state index contributed by atoms with van der Waals surface area (Å²) in [6, 6.07) is 31.1. The molecular weight excluding hydrogens is 500 g/mol. The second-order valence-corrected chi connectivity index (χ2v) is 9.58. The molecule has 3 atom stereocenters. The Morgan fingerprint density at radius 3 is 2.34 bits per heavy atom. The van der Waals surface area contributed by atoms with Crippen LogP contribution in [0.15, 0.2) is 97.1 Å². The number of fused-ring (bicyclic) bond motifs is 1. The van der Waals surface area contributed by atoms with Crippen molar-refractivity contribution in [2.24, 2.45) is 5.92 Å². The number of carboxylic acid groups (broad SMARTS) is 1. The molecule has 0 spiro atoms. The van der Waals surface area contributed by atoms with Crippen LogP contribution in [0.3, 0.4) is 0 Å². The van der Waals surface area contributed by atoms with Gasteiger partial charge in [0.1, 0.15) is 5.75 Å². The minimum absolute atomic E-state index is 0. The van der Waals surface area contributed by atoms with E-state index in [2.05, 4.69) is 66.8 Å². The lowest BCUT2D eigenvalue weighted by molar-refractivity contribution is 0.0697. The Morgan fingerprint density at radius 2 is 1.61 bits per heavy atom. The molecule has 1 heterocycles. The van der Waals surface area contributed by atoms with Gasteiger partial charge in [-0.05, 0) is 59.0 Å². The molecule has 1 amide bonds. The van der Waals surface area contributed by atoms with Gasteiger partial charge in [0.05, 0.1) is 5.56 Å². The maximum absolute atomic E-state index is 13.0. The third-order valence-corrected chi connectivity index (χ3v) is 7.21. The molecule has 7 heteroatoms. The fourth-order valence-electron chi connectivity index (χ4n) is 5.20. The molecule has 0 saturated carbocycles. The van der Waals surface area contributed by atoms with Crippen molar-refractivity contribution in [1.82, 2.24) is 10.2 Å². The van der Waals surface area contributed by atoms with Crippen molar-refractivity contribution in [3.63, 3.8) is 0 Å². The zero-order chi connectivity index (χ0) is 25.8. The van der Waals surface area contributed by atoms with Crippen LogP contribution in [0.5, 0.6) is 5.75 Å². The van der Waals surface area contributed by atoms with Gasteiger partial charge in [-0.25, -0.2) is 9.59 Å². The fraction of sp³-hybridized carbons (Fsp3) is 0.226. The predicted octanol–water partition coefficient (Wildman–Crippen LogP) is 6.53. The summed E-state index contributed by atoms with van der Waals surface area (Å²) in [6.07, 6.45) is -0.423. The molecule has 1 saturated heterocycles. The lowest BCUT2D eigenvalue weighted by atomic mass is 9.88. The first-order chi connectivity index (χ1) is 18.0. The van der Waals surface area contributed by atoms with E-state index < -0.39 is 12.1 Å². The first kappa shape index (κ1) is 27.2. The third kappa shape index (κ3) is 5.98. The summed E-state index contributed by atoms with van der Waals surface area (Å²) >= 11 is 0. The van der Waals surface area contributed by atoms with Crippen molar-refractivity contribution in [2.75, 3.05) is 19.6 Å². The van der Waals surface area contributed by atoms with Gasteiger partial charge in [-0.2, -0.15) is 0 Å². The normalized spacial score (nSPS) is 17.6. The Balaban J connectivity index is 0.00000336. The van der Waals surface area contributed by atoms with Crippen molar-refractivity contribution in [3.05, 3.63) is 114 Å². The molecule has 196 valence electrons. The van der Waals surface area contributed by atoms with Crippen LogP contribution in [0.1, 0.15) is 40.4 Å². The van der Waals surface area contributed by atoms with Gasteiger partial charge in [-0.3, -0.25) is 0 Å². The van der Waals surface area contributed by atoms with E-state index in [0.717, 1.165) is 6.54 Å². The Morgan fingerprint density at radius 1 is 0.921 bits per heavy atom. The van der Waals surface area contributed by atoms with Gasteiger partial charge in [0, 0.05) is 31.6 Å². The van der Waals surface area contributed by atoms with E-state index in [1.54, 1.807) is 4.90 Å². The number of ether oxygens (including phenoxy) is 1. The summed E-state index contributed by atoms with van der Waals surface area (Å²) < 4.78 is 5.58. The van der Waals surface area contributed by atoms with Gasteiger partial charge in [0.2, 0.25) is 0 Å². The number of benzene rings is 4. The number of aromatic carboxylic acids is 1. The fourth-order valence-corrected chi connectivity index (χ4v) is 5.20. The number of amides is 1. The number of rotatable bonds is 7. The molecule has 1 fully saturated rings. The van der Waals surface area contributed by atoms with E-state index in [4.69, 9.17) is 9.84 Å². The number of halogens is 1. The number of hydrogen-bond donors (Lipinski definition) is 2. The van der Waals surface area contributed by atoms with Gasteiger partial charge in [0.25, 0.3) is 0 Å². The van der Waals surface area contributed by atoms with Crippen LogP contribution in [0.4, 0.5) is 4.79 Å². The highest BCUT2D eigenvalue weighted by atomic mass is 35.5. The summed E-state index contributed by atoms with van der Waals surface area (Å²) in [5.41, 5.74) is 2.61. The van der Waals surface area contributed by atoms with Crippen LogP contribution < -0.4 is 10.1 Å². The van der Waals surface area contributed by atoms with E-state index >= 15 is 0 Å². The van der Waals surface area contributed by atoms with Crippen LogP contribution in [0.2, 0.25) is 0 Å². The minimum atomic E-state index is -1.02. The maximum atomic E-state index is 13.0. The summed E-state index contributed by atoms with van der Waals surface area (Å²) in [6.45, 7) is 4.06. The average Bonchev–Trinajstić information content (AvgIpc) is 3.37. The number of carbonyl (C=O) groups is 2. The summed E-state index contributed by atoms with van der Waals surface area (Å²) in [4.78, 5) is 25.9. The van der Waals surface area contributed by atoms with Crippen molar-refractivity contribution in [3.8, 4) is 5.75 Å². The molecule has 0 radical (unpaired) electrons. The van der Waals surface area contributed by atoms with E-state index in [9.17, 15) is 9.59 Å². The molecule has 4 aromatic carbocycles. The average molecular weight is 531 g/mol. The highest BCUT2D eigenvalue weighted by Crippen LogP contribution is 2.34. The number of carbonyl (C=O) groups excluding carboxylic acids is 1. The zero-order valence-corrected chi connectivity index (χ0v) is 21.9. The zero-order valence-electron chi connectivity index (χ0n) is 21.1. The van der Waals surface area contributed by atoms with E-state index in [1.165, 1.54) is 46.2 Å². The smallest absolute Gasteiger partial charge is 0.415 e. The van der Waals surface area contributed by atoms with E-state index in [1.807, 2.05) is 18.2 Å². The van der Waals surface area contributed by atoms with Crippen LogP contribution in [0, 0.1) is 5.92 Å². The number of nitrogens with zero attached hydrogens (tertiary/aromatic N) is 1. The lowest BCUT2D eigenvalue weighted by Gasteiger charge is -2.23. The Hall–Kier alpha value is -3.87. The van der Waals surface area contributed by atoms with Gasteiger partial charge in [-0.1, -0.05) is 72.8 Å². The number of nitrogens with one attached hydrogen (secondary N) is 1. The molecule has 0 bridgehead atoms. The van der Waals surface area contributed by atoms with Gasteiger partial charge < -0.3 is 20.1 Å². The molecule has 1 aliphatic heterocycles. The Bertz CT molecular complexity index is 1390. The second kappa shape index (κ2) is 12.1. The number of carboxylic acids is 1. The Kier molecular flexibility index (Phi) is 8.66. The first-order valence-corrected chi connectivity index (χ1v) is 12.6. The van der Waals surface area contributed by atoms with Crippen LogP contribution in [-0.2, 0) is 0 Å². The van der Waals surface area contributed by atoms with Gasteiger partial charge >= 0.3 is 12.1 Å². The Labute approximate surface area is 228 Å². The second-order valence-electron chi connectivity index (χ2n) is 9.58. The quantitative estimate of drug-likeness (QED) is 0.284. The standard InChI is InChI=1S/C31H30N2O4.ClH/c1-21(27-13-7-11-22-10-5-6-12-28(22)27)32-18-25-19-33(20-29(25)23-8-3-2-4-9-23)31(36)37-26-16-14-24(15-17-26)30(34)35;/h2-17,21,25,29,32H,18-20H2,1H3,(H,34,35);1H/t21-,25+,29-;/m1./s1. The molecule has 1 aliphatic rings. The molecular formula is C31H31ClN2O4. The van der Waals surface area contributed by atoms with Crippen molar-refractivity contribution < 1.29 is 19.4 Å². The van der Waals surface area contributed by atoms with Crippen LogP contribution in [0.25, 0.3) is 10.8 Å². The summed E-state index contributed by atoms with van der Waals surface area (Å²) in [5, 5.41) is 15.3. The molecule has 6 nitrogen and oxygen atoms in total. The number of likely N-dealkylation sites (tertiary alicyclic amines) is 1. The topological polar surface area (TPSA) is 78.9 Å². The van der Waals surface area contributed by atoms with E-state index in [0.29, 0.717) is 18.8 Å². The molecule has 2 N–H and O–H groups in total. The predicted molar refractivity (Wildman–Crippen MR) is 151 cm³/mol. The number of hydrogen-bond acceptors (Lipinski definition) is 4. The minimum Gasteiger partial charge on any atom is -0.478 e. The van der Waals surface area contributed by atoms with Crippen molar-refractivity contribution >= 4 is 35.2 Å². The molecule has 0 unspecified atom stereocenters. The summed E-state index contributed by atoms with van der Waals surface area (Å²) in [7, 11) is 0. The molecule has 0 aromatic heterocycles. The maximum Gasteiger partial charge on any atom is 0.415 e. The van der Waals surface area contributed by atoms with Gasteiger partial charge in [0.15, 0.2) is 0 Å². The van der Waals surface area contributed by atoms with Crippen molar-refractivity contribution in [2.45, 2.75) is 18.9 Å². The van der Waals surface area contributed by atoms with Crippen LogP contribution >= 0.6 is 12.4 Å². The van der Waals surface area contributed by atoms with Gasteiger partial charge in [-0.15, -0.1) is 12.4 Å². The van der Waals surface area contributed by atoms with Crippen LogP contribution in [-0.4, -0.2) is 41.7 Å². The largest absolute Gasteiger partial charge is 0.478 e. The summed E-state index contributed by atoms with van der Waals surface area (Å²) in [5.74, 6) is -0.300. The third-order valence-electron chi connectivity index (χ3n) is 7.21.